The van der Waals surface area contributed by atoms with Gasteiger partial charge >= 0.3 is 0 Å². The van der Waals surface area contributed by atoms with Crippen molar-refractivity contribution in [1.29, 1.82) is 0 Å². The van der Waals surface area contributed by atoms with E-state index in [9.17, 15) is 5.21 Å². The van der Waals surface area contributed by atoms with Gasteiger partial charge in [0.1, 0.15) is 5.70 Å². The molecule has 1 aromatic heterocycles. The zero-order valence-electron chi connectivity index (χ0n) is 7.66. The Morgan fingerprint density at radius 2 is 2.38 bits per heavy atom. The first-order valence-electron chi connectivity index (χ1n) is 4.49. The van der Waals surface area contributed by atoms with Crippen LogP contribution in [0.5, 0.6) is 0 Å². The molecule has 0 atom stereocenters. The maximum Gasteiger partial charge on any atom is 0.152 e. The van der Waals surface area contributed by atoms with Crippen LogP contribution in [0.1, 0.15) is 25.5 Å². The second-order valence-electron chi connectivity index (χ2n) is 3.33. The van der Waals surface area contributed by atoms with Crippen molar-refractivity contribution in [3.63, 3.8) is 0 Å². The highest BCUT2D eigenvalue weighted by Gasteiger charge is 2.19. The zero-order valence-corrected chi connectivity index (χ0v) is 7.66. The van der Waals surface area contributed by atoms with Crippen molar-refractivity contribution in [2.24, 2.45) is 0 Å². The Bertz CT molecular complexity index is 314. The van der Waals surface area contributed by atoms with Gasteiger partial charge in [0.25, 0.3) is 0 Å². The van der Waals surface area contributed by atoms with Gasteiger partial charge < -0.3 is 4.42 Å². The van der Waals surface area contributed by atoms with Gasteiger partial charge in [0.2, 0.25) is 0 Å². The van der Waals surface area contributed by atoms with Crippen molar-refractivity contribution in [2.75, 3.05) is 6.54 Å². The summed E-state index contributed by atoms with van der Waals surface area (Å²) in [5, 5.41) is 10.9. The molecule has 0 radical (unpaired) electrons. The fraction of sp³-hybridized carbons (Fsp3) is 0.400. The van der Waals surface area contributed by atoms with Crippen molar-refractivity contribution >= 4 is 5.70 Å². The smallest absolute Gasteiger partial charge is 0.152 e. The molecule has 0 aliphatic carbocycles. The van der Waals surface area contributed by atoms with Gasteiger partial charge in [-0.15, -0.1) is 0 Å². The average Bonchev–Trinajstić information content (AvgIpc) is 2.57. The topological polar surface area (TPSA) is 36.6 Å². The number of furan rings is 1. The lowest BCUT2D eigenvalue weighted by molar-refractivity contribution is -0.0342. The fourth-order valence-corrected chi connectivity index (χ4v) is 1.70. The maximum absolute atomic E-state index is 9.63. The Labute approximate surface area is 77.2 Å². The quantitative estimate of drug-likeness (QED) is 0.719. The minimum atomic E-state index is 0.688. The SMILES string of the molecule is CC1=C(c2ccco2)N(O)CCC1. The summed E-state index contributed by atoms with van der Waals surface area (Å²) >= 11 is 0. The van der Waals surface area contributed by atoms with E-state index in [4.69, 9.17) is 4.42 Å². The maximum atomic E-state index is 9.63. The molecule has 1 aromatic rings. The van der Waals surface area contributed by atoms with Crippen molar-refractivity contribution < 1.29 is 9.62 Å². The lowest BCUT2D eigenvalue weighted by atomic mass is 10.0. The van der Waals surface area contributed by atoms with E-state index in [1.165, 1.54) is 10.6 Å². The van der Waals surface area contributed by atoms with Gasteiger partial charge in [0.15, 0.2) is 5.76 Å². The molecule has 1 aliphatic heterocycles. The van der Waals surface area contributed by atoms with E-state index in [1.807, 2.05) is 19.1 Å². The van der Waals surface area contributed by atoms with Crippen molar-refractivity contribution in [1.82, 2.24) is 5.06 Å². The first kappa shape index (κ1) is 8.38. The molecule has 0 saturated carbocycles. The summed E-state index contributed by atoms with van der Waals surface area (Å²) < 4.78 is 5.25. The van der Waals surface area contributed by atoms with Gasteiger partial charge in [-0.1, -0.05) is 0 Å². The monoisotopic (exact) mass is 179 g/mol. The highest BCUT2D eigenvalue weighted by Crippen LogP contribution is 2.28. The van der Waals surface area contributed by atoms with Gasteiger partial charge in [-0.05, 0) is 37.5 Å². The highest BCUT2D eigenvalue weighted by molar-refractivity contribution is 5.62. The van der Waals surface area contributed by atoms with Crippen LogP contribution in [0.2, 0.25) is 0 Å². The first-order valence-corrected chi connectivity index (χ1v) is 4.49. The van der Waals surface area contributed by atoms with E-state index in [1.54, 1.807) is 6.26 Å². The molecule has 3 nitrogen and oxygen atoms in total. The van der Waals surface area contributed by atoms with Crippen LogP contribution in [-0.2, 0) is 0 Å². The molecule has 3 heteroatoms. The van der Waals surface area contributed by atoms with E-state index < -0.39 is 0 Å². The third-order valence-corrected chi connectivity index (χ3v) is 2.34. The molecule has 0 bridgehead atoms. The predicted octanol–water partition coefficient (Wildman–Crippen LogP) is 2.50. The summed E-state index contributed by atoms with van der Waals surface area (Å²) in [4.78, 5) is 0. The van der Waals surface area contributed by atoms with E-state index in [2.05, 4.69) is 0 Å². The number of rotatable bonds is 1. The molecular formula is C10H13NO2. The molecule has 0 saturated heterocycles. The summed E-state index contributed by atoms with van der Waals surface area (Å²) in [7, 11) is 0. The van der Waals surface area contributed by atoms with Gasteiger partial charge in [0.05, 0.1) is 6.26 Å². The van der Waals surface area contributed by atoms with Crippen LogP contribution >= 0.6 is 0 Å². The average molecular weight is 179 g/mol. The van der Waals surface area contributed by atoms with Gasteiger partial charge in [-0.25, -0.2) is 0 Å². The molecule has 0 spiro atoms. The molecular weight excluding hydrogens is 166 g/mol. The summed E-state index contributed by atoms with van der Waals surface area (Å²) in [5.41, 5.74) is 2.01. The molecule has 0 aromatic carbocycles. The fourth-order valence-electron chi connectivity index (χ4n) is 1.70. The van der Waals surface area contributed by atoms with Gasteiger partial charge in [0, 0.05) is 6.54 Å². The number of nitrogens with zero attached hydrogens (tertiary/aromatic N) is 1. The van der Waals surface area contributed by atoms with Crippen LogP contribution in [0.25, 0.3) is 5.70 Å². The van der Waals surface area contributed by atoms with E-state index >= 15 is 0 Å². The number of allylic oxidation sites excluding steroid dienone is 1. The van der Waals surface area contributed by atoms with Crippen LogP contribution in [0.15, 0.2) is 28.4 Å². The lowest BCUT2D eigenvalue weighted by Crippen LogP contribution is -2.23. The van der Waals surface area contributed by atoms with Crippen LogP contribution < -0.4 is 0 Å². The predicted molar refractivity (Wildman–Crippen MR) is 49.0 cm³/mol. The molecule has 2 rings (SSSR count). The highest BCUT2D eigenvalue weighted by atomic mass is 16.5. The van der Waals surface area contributed by atoms with Crippen LogP contribution in [0.3, 0.4) is 0 Å². The Balaban J connectivity index is 2.39. The van der Waals surface area contributed by atoms with Crippen LogP contribution in [-0.4, -0.2) is 16.8 Å². The van der Waals surface area contributed by atoms with E-state index in [-0.39, 0.29) is 0 Å². The Morgan fingerprint density at radius 1 is 1.54 bits per heavy atom. The zero-order chi connectivity index (χ0) is 9.26. The normalized spacial score (nSPS) is 18.2. The first-order chi connectivity index (χ1) is 6.29. The summed E-state index contributed by atoms with van der Waals surface area (Å²) in [6.45, 7) is 2.72. The number of hydrogen-bond donors (Lipinski definition) is 1. The second kappa shape index (κ2) is 3.26. The minimum Gasteiger partial charge on any atom is -0.463 e. The van der Waals surface area contributed by atoms with Crippen molar-refractivity contribution in [3.8, 4) is 0 Å². The molecule has 1 N–H and O–H groups in total. The Morgan fingerprint density at radius 3 is 3.00 bits per heavy atom. The van der Waals surface area contributed by atoms with Crippen molar-refractivity contribution in [3.05, 3.63) is 29.7 Å². The summed E-state index contributed by atoms with van der Waals surface area (Å²) in [6.07, 6.45) is 3.66. The second-order valence-corrected chi connectivity index (χ2v) is 3.33. The largest absolute Gasteiger partial charge is 0.463 e. The lowest BCUT2D eigenvalue weighted by Gasteiger charge is -2.25. The van der Waals surface area contributed by atoms with E-state index in [0.29, 0.717) is 6.54 Å². The molecule has 70 valence electrons. The van der Waals surface area contributed by atoms with Gasteiger partial charge in [-0.3, -0.25) is 10.3 Å². The molecule has 2 heterocycles. The Hall–Kier alpha value is -1.22. The number of hydrogen-bond acceptors (Lipinski definition) is 3. The molecule has 1 aliphatic rings. The van der Waals surface area contributed by atoms with E-state index in [0.717, 1.165) is 24.3 Å². The summed E-state index contributed by atoms with van der Waals surface area (Å²) in [6, 6.07) is 3.70. The molecule has 0 fully saturated rings. The van der Waals surface area contributed by atoms with Gasteiger partial charge in [-0.2, -0.15) is 0 Å². The van der Waals surface area contributed by atoms with Crippen LogP contribution in [0.4, 0.5) is 0 Å². The summed E-state index contributed by atoms with van der Waals surface area (Å²) in [5.74, 6) is 0.750. The minimum absolute atomic E-state index is 0.688. The third-order valence-electron chi connectivity index (χ3n) is 2.34. The third kappa shape index (κ3) is 1.47. The molecule has 0 amide bonds. The van der Waals surface area contributed by atoms with Crippen LogP contribution in [0, 0.1) is 0 Å². The standard InChI is InChI=1S/C10H13NO2/c1-8-4-2-6-11(12)10(8)9-5-3-7-13-9/h3,5,7,12H,2,4,6H2,1H3. The number of hydroxylamine groups is 2. The van der Waals surface area contributed by atoms with Crippen molar-refractivity contribution in [2.45, 2.75) is 19.8 Å². The molecule has 0 unspecified atom stereocenters. The molecule has 13 heavy (non-hydrogen) atoms. The Kier molecular flexibility index (Phi) is 2.10.